The van der Waals surface area contributed by atoms with Crippen LogP contribution in [-0.2, 0) is 4.79 Å². The van der Waals surface area contributed by atoms with Gasteiger partial charge in [-0.1, -0.05) is 43.2 Å². The first-order valence-corrected chi connectivity index (χ1v) is 8.40. The molecule has 1 saturated carbocycles. The van der Waals surface area contributed by atoms with Crippen LogP contribution < -0.4 is 5.32 Å². The minimum atomic E-state index is -0.410. The Morgan fingerprint density at radius 3 is 2.71 bits per heavy atom. The van der Waals surface area contributed by atoms with E-state index in [-0.39, 0.29) is 18.6 Å². The number of nitrogens with one attached hydrogen (secondary N) is 1. The molecule has 4 nitrogen and oxygen atoms in total. The molecule has 1 aliphatic carbocycles. The zero-order valence-electron chi connectivity index (χ0n) is 11.9. The highest BCUT2D eigenvalue weighted by molar-refractivity contribution is 8.14. The van der Waals surface area contributed by atoms with E-state index in [9.17, 15) is 9.90 Å². The van der Waals surface area contributed by atoms with Crippen molar-refractivity contribution in [3.63, 3.8) is 0 Å². The fourth-order valence-electron chi connectivity index (χ4n) is 2.97. The molecule has 0 aromatic heterocycles. The Morgan fingerprint density at radius 1 is 1.33 bits per heavy atom. The van der Waals surface area contributed by atoms with Crippen LogP contribution in [0.25, 0.3) is 0 Å². The number of hydrogen-bond donors (Lipinski definition) is 2. The Kier molecular flexibility index (Phi) is 4.31. The lowest BCUT2D eigenvalue weighted by Crippen LogP contribution is -2.52. The number of aliphatic hydroxyl groups is 1. The second-order valence-electron chi connectivity index (χ2n) is 5.76. The van der Waals surface area contributed by atoms with Gasteiger partial charge in [-0.05, 0) is 12.8 Å². The molecular weight excluding hydrogens is 284 g/mol. The molecule has 112 valence electrons. The van der Waals surface area contributed by atoms with Gasteiger partial charge in [-0.3, -0.25) is 9.79 Å². The van der Waals surface area contributed by atoms with Crippen LogP contribution >= 0.6 is 11.8 Å². The summed E-state index contributed by atoms with van der Waals surface area (Å²) < 4.78 is 0. The molecule has 0 radical (unpaired) electrons. The van der Waals surface area contributed by atoms with Gasteiger partial charge in [-0.25, -0.2) is 0 Å². The van der Waals surface area contributed by atoms with E-state index in [1.54, 1.807) is 11.8 Å². The van der Waals surface area contributed by atoms with Gasteiger partial charge in [0.15, 0.2) is 0 Å². The normalized spacial score (nSPS) is 23.9. The van der Waals surface area contributed by atoms with Crippen molar-refractivity contribution in [2.75, 3.05) is 12.4 Å². The van der Waals surface area contributed by atoms with Crippen molar-refractivity contribution in [2.45, 2.75) is 37.3 Å². The van der Waals surface area contributed by atoms with Crippen LogP contribution in [0.5, 0.6) is 0 Å². The molecule has 1 aliphatic heterocycles. The molecule has 3 rings (SSSR count). The number of benzene rings is 1. The molecule has 2 aliphatic rings. The molecule has 1 amide bonds. The van der Waals surface area contributed by atoms with Crippen LogP contribution in [0.1, 0.15) is 31.2 Å². The molecule has 1 aromatic carbocycles. The van der Waals surface area contributed by atoms with Crippen molar-refractivity contribution in [3.8, 4) is 0 Å². The fraction of sp³-hybridized carbons (Fsp3) is 0.500. The number of hydrogen-bond acceptors (Lipinski definition) is 4. The molecule has 0 spiro atoms. The predicted octanol–water partition coefficient (Wildman–Crippen LogP) is 1.97. The molecule has 1 fully saturated rings. The molecule has 1 atom stereocenters. The van der Waals surface area contributed by atoms with Crippen LogP contribution in [0.3, 0.4) is 0 Å². The second kappa shape index (κ2) is 6.20. The number of aliphatic hydroxyl groups excluding tert-OH is 1. The van der Waals surface area contributed by atoms with Crippen LogP contribution in [0, 0.1) is 0 Å². The lowest BCUT2D eigenvalue weighted by atomic mass is 9.98. The number of nitrogens with zero attached hydrogens (tertiary/aromatic N) is 1. The van der Waals surface area contributed by atoms with Crippen LogP contribution in [-0.4, -0.2) is 40.0 Å². The molecule has 1 heterocycles. The topological polar surface area (TPSA) is 61.7 Å². The van der Waals surface area contributed by atoms with E-state index in [4.69, 9.17) is 0 Å². The number of carbonyl (C=O) groups is 1. The maximum atomic E-state index is 12.4. The third kappa shape index (κ3) is 3.14. The molecular formula is C16H20N2O2S. The van der Waals surface area contributed by atoms with Crippen molar-refractivity contribution >= 4 is 22.7 Å². The first-order chi connectivity index (χ1) is 10.2. The lowest BCUT2D eigenvalue weighted by molar-refractivity contribution is -0.124. The van der Waals surface area contributed by atoms with Crippen molar-refractivity contribution in [3.05, 3.63) is 35.9 Å². The summed E-state index contributed by atoms with van der Waals surface area (Å²) in [7, 11) is 0. The Balaban J connectivity index is 1.68. The van der Waals surface area contributed by atoms with Gasteiger partial charge >= 0.3 is 0 Å². The molecule has 5 heteroatoms. The lowest BCUT2D eigenvalue weighted by Gasteiger charge is -2.28. The number of rotatable bonds is 4. The average Bonchev–Trinajstić information content (AvgIpc) is 3.18. The molecule has 21 heavy (non-hydrogen) atoms. The average molecular weight is 304 g/mol. The van der Waals surface area contributed by atoms with Gasteiger partial charge in [-0.2, -0.15) is 0 Å². The summed E-state index contributed by atoms with van der Waals surface area (Å²) in [4.78, 5) is 17.0. The first-order valence-electron chi connectivity index (χ1n) is 7.41. The van der Waals surface area contributed by atoms with E-state index in [1.807, 2.05) is 30.3 Å². The summed E-state index contributed by atoms with van der Waals surface area (Å²) >= 11 is 1.62. The molecule has 1 unspecified atom stereocenters. The highest BCUT2D eigenvalue weighted by atomic mass is 32.2. The van der Waals surface area contributed by atoms with Gasteiger partial charge in [0.1, 0.15) is 6.04 Å². The van der Waals surface area contributed by atoms with Crippen molar-refractivity contribution in [1.29, 1.82) is 0 Å². The highest BCUT2D eigenvalue weighted by Crippen LogP contribution is 2.30. The van der Waals surface area contributed by atoms with Gasteiger partial charge in [0.2, 0.25) is 5.91 Å². The third-order valence-corrected chi connectivity index (χ3v) is 5.32. The van der Waals surface area contributed by atoms with Gasteiger partial charge in [-0.15, -0.1) is 11.8 Å². The minimum absolute atomic E-state index is 0.0217. The summed E-state index contributed by atoms with van der Waals surface area (Å²) in [5.74, 6) is 0.627. The maximum absolute atomic E-state index is 12.4. The summed E-state index contributed by atoms with van der Waals surface area (Å²) in [6.45, 7) is 0.0217. The van der Waals surface area contributed by atoms with E-state index in [1.165, 1.54) is 0 Å². The first kappa shape index (κ1) is 14.6. The summed E-state index contributed by atoms with van der Waals surface area (Å²) in [5, 5.41) is 13.6. The van der Waals surface area contributed by atoms with Gasteiger partial charge in [0.25, 0.3) is 0 Å². The van der Waals surface area contributed by atoms with E-state index in [0.29, 0.717) is 5.75 Å². The zero-order valence-corrected chi connectivity index (χ0v) is 12.7. The van der Waals surface area contributed by atoms with E-state index in [2.05, 4.69) is 10.3 Å². The van der Waals surface area contributed by atoms with Crippen LogP contribution in [0.4, 0.5) is 0 Å². The van der Waals surface area contributed by atoms with Gasteiger partial charge < -0.3 is 10.4 Å². The third-order valence-electron chi connectivity index (χ3n) is 4.23. The molecule has 0 bridgehead atoms. The van der Waals surface area contributed by atoms with Crippen molar-refractivity contribution < 1.29 is 9.90 Å². The molecule has 2 N–H and O–H groups in total. The van der Waals surface area contributed by atoms with Crippen molar-refractivity contribution in [1.82, 2.24) is 5.32 Å². The smallest absolute Gasteiger partial charge is 0.246 e. The summed E-state index contributed by atoms with van der Waals surface area (Å²) in [5.41, 5.74) is 0.655. The van der Waals surface area contributed by atoms with Gasteiger partial charge in [0, 0.05) is 11.3 Å². The highest BCUT2D eigenvalue weighted by Gasteiger charge is 2.37. The predicted molar refractivity (Wildman–Crippen MR) is 85.7 cm³/mol. The standard InChI is InChI=1S/C16H20N2O2S/c19-11-16(8-4-5-9-16)18-14(20)13-10-21-15(17-13)12-6-2-1-3-7-12/h1-3,6-7,13,19H,4-5,8-11H2,(H,18,20). The molecule has 1 aromatic rings. The number of amides is 1. The maximum Gasteiger partial charge on any atom is 0.246 e. The summed E-state index contributed by atoms with van der Waals surface area (Å²) in [6.07, 6.45) is 3.87. The monoisotopic (exact) mass is 304 g/mol. The Hall–Kier alpha value is -1.33. The van der Waals surface area contributed by atoms with E-state index >= 15 is 0 Å². The number of carbonyl (C=O) groups excluding carboxylic acids is 1. The van der Waals surface area contributed by atoms with Gasteiger partial charge in [0.05, 0.1) is 17.2 Å². The van der Waals surface area contributed by atoms with Crippen LogP contribution in [0.15, 0.2) is 35.3 Å². The minimum Gasteiger partial charge on any atom is -0.394 e. The Bertz CT molecular complexity index is 538. The number of aliphatic imine (C=N–C) groups is 1. The Labute approximate surface area is 129 Å². The van der Waals surface area contributed by atoms with E-state index in [0.717, 1.165) is 36.3 Å². The molecule has 0 saturated heterocycles. The SMILES string of the molecule is O=C(NC1(CO)CCCC1)C1CSC(c2ccccc2)=N1. The Morgan fingerprint density at radius 2 is 2.05 bits per heavy atom. The van der Waals surface area contributed by atoms with Crippen molar-refractivity contribution in [2.24, 2.45) is 4.99 Å². The second-order valence-corrected chi connectivity index (χ2v) is 6.77. The zero-order chi connectivity index (χ0) is 14.7. The largest absolute Gasteiger partial charge is 0.394 e. The van der Waals surface area contributed by atoms with E-state index < -0.39 is 5.54 Å². The summed E-state index contributed by atoms with van der Waals surface area (Å²) in [6, 6.07) is 9.61. The quantitative estimate of drug-likeness (QED) is 0.894. The number of thioether (sulfide) groups is 1. The fourth-order valence-corrected chi connectivity index (χ4v) is 4.01. The van der Waals surface area contributed by atoms with Crippen LogP contribution in [0.2, 0.25) is 0 Å².